The van der Waals surface area contributed by atoms with Crippen LogP contribution in [0, 0.1) is 6.92 Å². The molecule has 5 rings (SSSR count). The van der Waals surface area contributed by atoms with E-state index in [1.54, 1.807) is 4.52 Å². The highest BCUT2D eigenvalue weighted by Gasteiger charge is 2.19. The maximum absolute atomic E-state index is 10.3. The topological polar surface area (TPSA) is 81.9 Å². The van der Waals surface area contributed by atoms with Gasteiger partial charge in [-0.05, 0) is 31.2 Å². The van der Waals surface area contributed by atoms with Gasteiger partial charge in [-0.1, -0.05) is 41.6 Å². The normalized spacial score (nSPS) is 12.9. The molecule has 3 aromatic heterocycles. The van der Waals surface area contributed by atoms with Gasteiger partial charge in [-0.15, -0.1) is 15.3 Å². The number of imidazole rings is 1. The van der Waals surface area contributed by atoms with E-state index in [0.717, 1.165) is 22.6 Å². The van der Waals surface area contributed by atoms with Gasteiger partial charge in [-0.3, -0.25) is 0 Å². The van der Waals surface area contributed by atoms with Crippen LogP contribution in [0.1, 0.15) is 5.56 Å². The molecule has 5 aromatic rings. The van der Waals surface area contributed by atoms with Gasteiger partial charge in [0.15, 0.2) is 0 Å². The van der Waals surface area contributed by atoms with E-state index in [-0.39, 0.29) is 6.61 Å². The summed E-state index contributed by atoms with van der Waals surface area (Å²) >= 11 is 1.41. The molecule has 2 aromatic carbocycles. The molecule has 0 saturated carbocycles. The predicted octanol–water partition coefficient (Wildman–Crippen LogP) is 2.71. The van der Waals surface area contributed by atoms with Gasteiger partial charge in [0.25, 0.3) is 5.78 Å². The number of fused-ring (bicyclic) bond motifs is 5. The van der Waals surface area contributed by atoms with Gasteiger partial charge in [-0.2, -0.15) is 4.52 Å². The highest BCUT2D eigenvalue weighted by atomic mass is 32.2. The Morgan fingerprint density at radius 3 is 2.59 bits per heavy atom. The van der Waals surface area contributed by atoms with E-state index < -0.39 is 6.10 Å². The standard InChI is InChI=1S/C20H20N6O2S/c1-13-7-9-15(10-8-13)28-11-14(27)12-29-20-22-21-18-25-17-6-4-3-5-16(17)24(2)19(25)23-26(18)20/h3-10,14,27H,11-12H2,1-2H3. The average Bonchev–Trinajstić information content (AvgIpc) is 3.37. The molecule has 0 aliphatic rings. The number of aryl methyl sites for hydroxylation is 2. The number of ether oxygens (including phenoxy) is 1. The molecule has 1 unspecified atom stereocenters. The highest BCUT2D eigenvalue weighted by molar-refractivity contribution is 7.99. The van der Waals surface area contributed by atoms with E-state index in [4.69, 9.17) is 4.74 Å². The Morgan fingerprint density at radius 1 is 1.03 bits per heavy atom. The monoisotopic (exact) mass is 408 g/mol. The SMILES string of the molecule is Cc1ccc(OCC(O)CSc2nnc3n2nc2n(C)c4ccccc4n23)cc1. The Balaban J connectivity index is 1.33. The van der Waals surface area contributed by atoms with Crippen LogP contribution >= 0.6 is 11.8 Å². The lowest BCUT2D eigenvalue weighted by atomic mass is 10.2. The first kappa shape index (κ1) is 18.0. The number of aromatic nitrogens is 6. The smallest absolute Gasteiger partial charge is 0.260 e. The van der Waals surface area contributed by atoms with Gasteiger partial charge >= 0.3 is 0 Å². The second-order valence-electron chi connectivity index (χ2n) is 6.97. The number of hydrogen-bond donors (Lipinski definition) is 1. The number of rotatable bonds is 6. The second kappa shape index (κ2) is 7.09. The maximum Gasteiger partial charge on any atom is 0.260 e. The molecule has 3 heterocycles. The summed E-state index contributed by atoms with van der Waals surface area (Å²) in [6.07, 6.45) is -0.633. The highest BCUT2D eigenvalue weighted by Crippen LogP contribution is 2.24. The summed E-state index contributed by atoms with van der Waals surface area (Å²) in [5, 5.41) is 24.2. The molecule has 9 heteroatoms. The lowest BCUT2D eigenvalue weighted by Crippen LogP contribution is -2.20. The van der Waals surface area contributed by atoms with Crippen LogP contribution in [-0.2, 0) is 7.05 Å². The predicted molar refractivity (Wildman–Crippen MR) is 112 cm³/mol. The molecule has 1 atom stereocenters. The minimum absolute atomic E-state index is 0.216. The molecule has 1 N–H and O–H groups in total. The summed E-state index contributed by atoms with van der Waals surface area (Å²) in [6, 6.07) is 15.9. The van der Waals surface area contributed by atoms with Crippen molar-refractivity contribution in [3.63, 3.8) is 0 Å². The average molecular weight is 408 g/mol. The molecule has 148 valence electrons. The number of benzene rings is 2. The number of nitrogens with zero attached hydrogens (tertiary/aromatic N) is 6. The van der Waals surface area contributed by atoms with Crippen molar-refractivity contribution in [1.82, 2.24) is 28.8 Å². The van der Waals surface area contributed by atoms with Gasteiger partial charge < -0.3 is 14.4 Å². The van der Waals surface area contributed by atoms with E-state index in [2.05, 4.69) is 21.4 Å². The van der Waals surface area contributed by atoms with Gasteiger partial charge in [-0.25, -0.2) is 4.40 Å². The van der Waals surface area contributed by atoms with Crippen molar-refractivity contribution in [2.75, 3.05) is 12.4 Å². The maximum atomic E-state index is 10.3. The van der Waals surface area contributed by atoms with Crippen LogP contribution in [0.3, 0.4) is 0 Å². The fourth-order valence-corrected chi connectivity index (χ4v) is 4.10. The van der Waals surface area contributed by atoms with Crippen molar-refractivity contribution in [3.05, 3.63) is 54.1 Å². The van der Waals surface area contributed by atoms with Gasteiger partial charge in [0, 0.05) is 12.8 Å². The molecule has 0 radical (unpaired) electrons. The van der Waals surface area contributed by atoms with Crippen molar-refractivity contribution in [2.45, 2.75) is 18.2 Å². The zero-order chi connectivity index (χ0) is 20.0. The Hall–Kier alpha value is -3.04. The van der Waals surface area contributed by atoms with Crippen molar-refractivity contribution in [2.24, 2.45) is 7.05 Å². The fourth-order valence-electron chi connectivity index (χ4n) is 3.32. The Bertz CT molecular complexity index is 1300. The quantitative estimate of drug-likeness (QED) is 0.435. The summed E-state index contributed by atoms with van der Waals surface area (Å²) in [4.78, 5) is 0. The molecule has 0 amide bonds. The zero-order valence-corrected chi connectivity index (χ0v) is 16.9. The molecule has 0 spiro atoms. The largest absolute Gasteiger partial charge is 0.491 e. The van der Waals surface area contributed by atoms with Crippen LogP contribution < -0.4 is 4.74 Å². The van der Waals surface area contributed by atoms with Crippen LogP contribution in [0.25, 0.3) is 22.6 Å². The first-order chi connectivity index (χ1) is 14.1. The molecule has 0 bridgehead atoms. The Labute approximate surface area is 170 Å². The molecule has 0 saturated heterocycles. The third-order valence-corrected chi connectivity index (χ3v) is 5.90. The molecule has 0 aliphatic carbocycles. The van der Waals surface area contributed by atoms with Crippen LogP contribution in [0.5, 0.6) is 5.75 Å². The van der Waals surface area contributed by atoms with E-state index >= 15 is 0 Å². The van der Waals surface area contributed by atoms with E-state index in [1.165, 1.54) is 17.3 Å². The molecule has 8 nitrogen and oxygen atoms in total. The summed E-state index contributed by atoms with van der Waals surface area (Å²) in [5.74, 6) is 2.63. The molecular weight excluding hydrogens is 388 g/mol. The van der Waals surface area contributed by atoms with E-state index in [0.29, 0.717) is 16.7 Å². The van der Waals surface area contributed by atoms with Crippen molar-refractivity contribution >= 4 is 34.4 Å². The molecule has 29 heavy (non-hydrogen) atoms. The van der Waals surface area contributed by atoms with E-state index in [9.17, 15) is 5.11 Å². The number of aliphatic hydroxyl groups excluding tert-OH is 1. The fraction of sp³-hybridized carbons (Fsp3) is 0.250. The second-order valence-corrected chi connectivity index (χ2v) is 7.95. The first-order valence-corrected chi connectivity index (χ1v) is 10.3. The Morgan fingerprint density at radius 2 is 1.79 bits per heavy atom. The van der Waals surface area contributed by atoms with Gasteiger partial charge in [0.05, 0.1) is 17.1 Å². The first-order valence-electron chi connectivity index (χ1n) is 9.29. The summed E-state index contributed by atoms with van der Waals surface area (Å²) in [6.45, 7) is 2.24. The molecular formula is C20H20N6O2S. The lowest BCUT2D eigenvalue weighted by molar-refractivity contribution is 0.126. The summed E-state index contributed by atoms with van der Waals surface area (Å²) in [5.41, 5.74) is 3.28. The third kappa shape index (κ3) is 3.12. The van der Waals surface area contributed by atoms with Crippen LogP contribution in [-0.4, -0.2) is 52.3 Å². The van der Waals surface area contributed by atoms with Crippen LogP contribution in [0.2, 0.25) is 0 Å². The Kier molecular flexibility index (Phi) is 4.40. The van der Waals surface area contributed by atoms with Crippen molar-refractivity contribution in [1.29, 1.82) is 0 Å². The number of hydrogen-bond acceptors (Lipinski definition) is 6. The van der Waals surface area contributed by atoms with Crippen LogP contribution in [0.15, 0.2) is 53.7 Å². The van der Waals surface area contributed by atoms with E-state index in [1.807, 2.05) is 65.4 Å². The zero-order valence-electron chi connectivity index (χ0n) is 16.1. The minimum Gasteiger partial charge on any atom is -0.491 e. The number of thioether (sulfide) groups is 1. The van der Waals surface area contributed by atoms with Crippen LogP contribution in [0.4, 0.5) is 0 Å². The summed E-state index contributed by atoms with van der Waals surface area (Å²) in [7, 11) is 1.98. The third-order valence-electron chi connectivity index (χ3n) is 4.84. The van der Waals surface area contributed by atoms with Crippen molar-refractivity contribution < 1.29 is 9.84 Å². The molecule has 0 aliphatic heterocycles. The lowest BCUT2D eigenvalue weighted by Gasteiger charge is -2.11. The minimum atomic E-state index is -0.633. The van der Waals surface area contributed by atoms with Crippen molar-refractivity contribution in [3.8, 4) is 5.75 Å². The molecule has 0 fully saturated rings. The summed E-state index contributed by atoms with van der Waals surface area (Å²) < 4.78 is 11.4. The number of para-hydroxylation sites is 2. The van der Waals surface area contributed by atoms with Gasteiger partial charge in [0.2, 0.25) is 10.9 Å². The number of aliphatic hydroxyl groups is 1. The van der Waals surface area contributed by atoms with Gasteiger partial charge in [0.1, 0.15) is 12.4 Å².